The Morgan fingerprint density at radius 1 is 1.04 bits per heavy atom. The summed E-state index contributed by atoms with van der Waals surface area (Å²) in [5.74, 6) is 0. The minimum atomic E-state index is -0.376. The van der Waals surface area contributed by atoms with Crippen LogP contribution in [0.15, 0.2) is 53.4 Å². The van der Waals surface area contributed by atoms with Gasteiger partial charge in [-0.3, -0.25) is 10.1 Å². The molecule has 1 heterocycles. The van der Waals surface area contributed by atoms with Gasteiger partial charge in [-0.1, -0.05) is 12.1 Å². The molecule has 1 aliphatic rings. The van der Waals surface area contributed by atoms with Crippen molar-refractivity contribution in [2.24, 2.45) is 0 Å². The zero-order valence-corrected chi connectivity index (χ0v) is 14.3. The van der Waals surface area contributed by atoms with Crippen molar-refractivity contribution in [1.82, 2.24) is 4.90 Å². The molecule has 1 N–H and O–H groups in total. The first-order valence-corrected chi connectivity index (χ1v) is 8.65. The van der Waals surface area contributed by atoms with E-state index >= 15 is 0 Å². The van der Waals surface area contributed by atoms with Crippen molar-refractivity contribution in [1.29, 1.82) is 0 Å². The summed E-state index contributed by atoms with van der Waals surface area (Å²) in [6.07, 6.45) is 0. The lowest BCUT2D eigenvalue weighted by molar-refractivity contribution is -0.383. The molecule has 6 nitrogen and oxygen atoms in total. The van der Waals surface area contributed by atoms with Crippen LogP contribution in [0.1, 0.15) is 0 Å². The van der Waals surface area contributed by atoms with Crippen molar-refractivity contribution in [2.45, 2.75) is 4.90 Å². The van der Waals surface area contributed by atoms with E-state index in [2.05, 4.69) is 33.7 Å². The quantitative estimate of drug-likeness (QED) is 0.509. The molecule has 0 aromatic heterocycles. The zero-order valence-electron chi connectivity index (χ0n) is 13.5. The normalized spacial score (nSPS) is 15.3. The summed E-state index contributed by atoms with van der Waals surface area (Å²) in [4.78, 5) is 16.4. The fourth-order valence-corrected chi connectivity index (χ4v) is 3.30. The van der Waals surface area contributed by atoms with Gasteiger partial charge in [-0.15, -0.1) is 0 Å². The lowest BCUT2D eigenvalue weighted by Crippen LogP contribution is -2.44. The molecule has 0 atom stereocenters. The number of likely N-dealkylation sites (N-methyl/N-ethyl adjacent to an activating group) is 1. The molecule has 1 fully saturated rings. The largest absolute Gasteiger partial charge is 0.369 e. The highest BCUT2D eigenvalue weighted by Crippen LogP contribution is 2.29. The van der Waals surface area contributed by atoms with E-state index in [0.29, 0.717) is 5.69 Å². The van der Waals surface area contributed by atoms with Gasteiger partial charge in [0.25, 0.3) is 5.69 Å². The topological polar surface area (TPSA) is 61.6 Å². The Hall–Kier alpha value is -2.25. The second-order valence-corrected chi connectivity index (χ2v) is 6.64. The lowest BCUT2D eigenvalue weighted by Gasteiger charge is -2.34. The second kappa shape index (κ2) is 7.55. The number of piperazine rings is 1. The number of anilines is 2. The maximum atomic E-state index is 11.0. The number of nitrogens with zero attached hydrogens (tertiary/aromatic N) is 3. The highest BCUT2D eigenvalue weighted by molar-refractivity contribution is 8.00. The Morgan fingerprint density at radius 2 is 1.71 bits per heavy atom. The summed E-state index contributed by atoms with van der Waals surface area (Å²) < 4.78 is 3.07. The van der Waals surface area contributed by atoms with Crippen molar-refractivity contribution >= 4 is 29.0 Å². The first kappa shape index (κ1) is 16.6. The molecule has 0 saturated carbocycles. The predicted octanol–water partition coefficient (Wildman–Crippen LogP) is 3.47. The van der Waals surface area contributed by atoms with Gasteiger partial charge in [0.2, 0.25) is 0 Å². The Bertz CT molecular complexity index is 700. The molecule has 24 heavy (non-hydrogen) atoms. The number of hydrogen-bond donors (Lipinski definition) is 1. The Labute approximate surface area is 145 Å². The lowest BCUT2D eigenvalue weighted by atomic mass is 10.2. The van der Waals surface area contributed by atoms with Crippen LogP contribution in [0.2, 0.25) is 0 Å². The molecule has 0 amide bonds. The number of nitrogens with one attached hydrogen (secondary N) is 1. The molecule has 1 saturated heterocycles. The van der Waals surface area contributed by atoms with E-state index in [4.69, 9.17) is 0 Å². The van der Waals surface area contributed by atoms with Gasteiger partial charge in [0.05, 0.1) is 4.92 Å². The average molecular weight is 344 g/mol. The zero-order chi connectivity index (χ0) is 16.9. The van der Waals surface area contributed by atoms with Crippen molar-refractivity contribution in [3.63, 3.8) is 0 Å². The summed E-state index contributed by atoms with van der Waals surface area (Å²) in [6.45, 7) is 4.24. The van der Waals surface area contributed by atoms with Gasteiger partial charge in [0.15, 0.2) is 0 Å². The van der Waals surface area contributed by atoms with Crippen molar-refractivity contribution < 1.29 is 4.92 Å². The maximum absolute atomic E-state index is 11.0. The maximum Gasteiger partial charge on any atom is 0.293 e. The van der Waals surface area contributed by atoms with E-state index in [-0.39, 0.29) is 10.6 Å². The summed E-state index contributed by atoms with van der Waals surface area (Å²) >= 11 is 1.38. The van der Waals surface area contributed by atoms with Crippen LogP contribution in [-0.2, 0) is 0 Å². The van der Waals surface area contributed by atoms with Crippen LogP contribution in [0.4, 0.5) is 17.1 Å². The van der Waals surface area contributed by atoms with Gasteiger partial charge < -0.3 is 14.5 Å². The standard InChI is InChI=1S/C17H20N4O2S/c1-19-10-12-20(13-11-19)14-6-8-15(9-7-14)24-18-16-4-2-3-5-17(16)21(22)23/h2-9,18H,10-13H2,1H3. The molecule has 7 heteroatoms. The molecule has 0 bridgehead atoms. The third-order valence-corrected chi connectivity index (χ3v) is 4.91. The Morgan fingerprint density at radius 3 is 2.38 bits per heavy atom. The van der Waals surface area contributed by atoms with E-state index in [0.717, 1.165) is 31.1 Å². The first-order chi connectivity index (χ1) is 11.6. The van der Waals surface area contributed by atoms with Gasteiger partial charge in [0.1, 0.15) is 5.69 Å². The molecule has 0 spiro atoms. The van der Waals surface area contributed by atoms with E-state index in [9.17, 15) is 10.1 Å². The van der Waals surface area contributed by atoms with Gasteiger partial charge in [0, 0.05) is 42.8 Å². The minimum absolute atomic E-state index is 0.0825. The Balaban J connectivity index is 1.62. The SMILES string of the molecule is CN1CCN(c2ccc(SNc3ccccc3[N+](=O)[O-])cc2)CC1. The molecule has 0 aliphatic carbocycles. The van der Waals surface area contributed by atoms with E-state index < -0.39 is 0 Å². The predicted molar refractivity (Wildman–Crippen MR) is 98.7 cm³/mol. The molecule has 2 aromatic carbocycles. The molecule has 0 unspecified atom stereocenters. The summed E-state index contributed by atoms with van der Waals surface area (Å²) in [5.41, 5.74) is 1.81. The van der Waals surface area contributed by atoms with Gasteiger partial charge >= 0.3 is 0 Å². The van der Waals surface area contributed by atoms with Gasteiger partial charge in [-0.2, -0.15) is 0 Å². The number of rotatable bonds is 5. The monoisotopic (exact) mass is 344 g/mol. The van der Waals surface area contributed by atoms with Crippen LogP contribution in [0.3, 0.4) is 0 Å². The number of hydrogen-bond acceptors (Lipinski definition) is 6. The molecule has 2 aromatic rings. The summed E-state index contributed by atoms with van der Waals surface area (Å²) in [6, 6.07) is 15.0. The molecule has 3 rings (SSSR count). The van der Waals surface area contributed by atoms with Crippen LogP contribution in [0, 0.1) is 10.1 Å². The average Bonchev–Trinajstić information content (AvgIpc) is 2.61. The van der Waals surface area contributed by atoms with Crippen LogP contribution in [0.25, 0.3) is 0 Å². The highest BCUT2D eigenvalue weighted by Gasteiger charge is 2.15. The molecule has 1 aliphatic heterocycles. The third-order valence-electron chi connectivity index (χ3n) is 4.08. The van der Waals surface area contributed by atoms with E-state index in [1.807, 2.05) is 12.1 Å². The van der Waals surface area contributed by atoms with Crippen molar-refractivity contribution in [2.75, 3.05) is 42.8 Å². The van der Waals surface area contributed by atoms with Crippen LogP contribution in [-0.4, -0.2) is 43.0 Å². The fourth-order valence-electron chi connectivity index (χ4n) is 2.62. The van der Waals surface area contributed by atoms with E-state index in [1.165, 1.54) is 23.7 Å². The number of para-hydroxylation sites is 2. The second-order valence-electron chi connectivity index (χ2n) is 5.76. The molecule has 126 valence electrons. The van der Waals surface area contributed by atoms with Crippen LogP contribution < -0.4 is 9.62 Å². The first-order valence-electron chi connectivity index (χ1n) is 7.83. The smallest absolute Gasteiger partial charge is 0.293 e. The van der Waals surface area contributed by atoms with Crippen LogP contribution in [0.5, 0.6) is 0 Å². The molecular weight excluding hydrogens is 324 g/mol. The van der Waals surface area contributed by atoms with Gasteiger partial charge in [-0.25, -0.2) is 0 Å². The highest BCUT2D eigenvalue weighted by atomic mass is 32.2. The van der Waals surface area contributed by atoms with Crippen molar-refractivity contribution in [3.05, 3.63) is 58.6 Å². The summed E-state index contributed by atoms with van der Waals surface area (Å²) in [7, 11) is 2.14. The minimum Gasteiger partial charge on any atom is -0.369 e. The Kier molecular flexibility index (Phi) is 5.22. The van der Waals surface area contributed by atoms with E-state index in [1.54, 1.807) is 18.2 Å². The van der Waals surface area contributed by atoms with Crippen molar-refractivity contribution in [3.8, 4) is 0 Å². The molecular formula is C17H20N4O2S. The third kappa shape index (κ3) is 3.98. The number of nitro benzene ring substituents is 1. The fraction of sp³-hybridized carbons (Fsp3) is 0.294. The van der Waals surface area contributed by atoms with Gasteiger partial charge in [-0.05, 0) is 49.3 Å². The molecule has 0 radical (unpaired) electrons. The number of nitro groups is 1. The number of benzene rings is 2. The summed E-state index contributed by atoms with van der Waals surface area (Å²) in [5, 5.41) is 11.0. The van der Waals surface area contributed by atoms with Crippen LogP contribution >= 0.6 is 11.9 Å².